The Hall–Kier alpha value is -2.36. The van der Waals surface area contributed by atoms with Crippen LogP contribution in [0.25, 0.3) is 6.08 Å². The molecule has 0 spiro atoms. The molecule has 0 unspecified atom stereocenters. The van der Waals surface area contributed by atoms with Crippen LogP contribution in [0.3, 0.4) is 0 Å². The molecule has 2 saturated heterocycles. The fraction of sp³-hybridized carbons (Fsp3) is 0.611. The van der Waals surface area contributed by atoms with Crippen LogP contribution in [-0.4, -0.2) is 57.9 Å². The zero-order valence-corrected chi connectivity index (χ0v) is 15.2. The number of aliphatic hydroxyl groups is 1. The minimum atomic E-state index is -4.67. The number of anilines is 2. The lowest BCUT2D eigenvalue weighted by Gasteiger charge is -2.43. The summed E-state index contributed by atoms with van der Waals surface area (Å²) in [4.78, 5) is 22.3. The highest BCUT2D eigenvalue weighted by Gasteiger charge is 2.57. The molecule has 1 aromatic heterocycles. The monoisotopic (exact) mass is 398 g/mol. The molecule has 2 N–H and O–H groups in total. The number of β-amino-alcohol motifs (C(OH)–C–C–N with tert-alkyl or cyclic N) is 1. The van der Waals surface area contributed by atoms with Crippen molar-refractivity contribution in [3.05, 3.63) is 17.8 Å². The smallest absolute Gasteiger partial charge is 0.434 e. The molecule has 152 valence electrons. The molecule has 0 bridgehead atoms. The van der Waals surface area contributed by atoms with Gasteiger partial charge in [0.25, 0.3) is 0 Å². The van der Waals surface area contributed by atoms with Gasteiger partial charge in [-0.1, -0.05) is 12.7 Å². The molecule has 3 aliphatic rings. The first-order valence-corrected chi connectivity index (χ1v) is 9.15. The van der Waals surface area contributed by atoms with Crippen molar-refractivity contribution in [2.24, 2.45) is 17.8 Å². The fourth-order valence-electron chi connectivity index (χ4n) is 4.40. The zero-order valence-electron chi connectivity index (χ0n) is 15.2. The normalized spacial score (nSPS) is 31.4. The summed E-state index contributed by atoms with van der Waals surface area (Å²) in [6.45, 7) is 6.33. The van der Waals surface area contributed by atoms with Crippen molar-refractivity contribution >= 4 is 23.8 Å². The van der Waals surface area contributed by atoms with Crippen molar-refractivity contribution in [3.63, 3.8) is 0 Å². The van der Waals surface area contributed by atoms with Gasteiger partial charge in [-0.15, -0.1) is 0 Å². The van der Waals surface area contributed by atoms with E-state index in [1.54, 1.807) is 16.7 Å². The largest absolute Gasteiger partial charge is 0.481 e. The predicted molar refractivity (Wildman–Crippen MR) is 94.9 cm³/mol. The Morgan fingerprint density at radius 1 is 1.29 bits per heavy atom. The van der Waals surface area contributed by atoms with Gasteiger partial charge in [0.2, 0.25) is 5.95 Å². The summed E-state index contributed by atoms with van der Waals surface area (Å²) in [6.07, 6.45) is -4.09. The van der Waals surface area contributed by atoms with E-state index in [-0.39, 0.29) is 54.1 Å². The van der Waals surface area contributed by atoms with E-state index >= 15 is 0 Å². The molecule has 7 nitrogen and oxygen atoms in total. The van der Waals surface area contributed by atoms with Gasteiger partial charge in [0.1, 0.15) is 5.82 Å². The van der Waals surface area contributed by atoms with E-state index in [2.05, 4.69) is 16.5 Å². The maximum Gasteiger partial charge on any atom is 0.434 e. The van der Waals surface area contributed by atoms with Gasteiger partial charge in [-0.25, -0.2) is 4.98 Å². The molecular formula is C18H21F3N4O3. The van der Waals surface area contributed by atoms with Gasteiger partial charge in [-0.3, -0.25) is 4.79 Å². The third-order valence-corrected chi connectivity index (χ3v) is 6.16. The summed E-state index contributed by atoms with van der Waals surface area (Å²) in [5.74, 6) is -0.352. The van der Waals surface area contributed by atoms with Crippen LogP contribution in [0, 0.1) is 17.8 Å². The van der Waals surface area contributed by atoms with Crippen molar-refractivity contribution in [2.45, 2.75) is 31.7 Å². The van der Waals surface area contributed by atoms with Crippen LogP contribution in [-0.2, 0) is 11.0 Å². The van der Waals surface area contributed by atoms with Crippen LogP contribution in [0.5, 0.6) is 0 Å². The molecule has 4 rings (SSSR count). The predicted octanol–water partition coefficient (Wildman–Crippen LogP) is 1.86. The van der Waals surface area contributed by atoms with Crippen LogP contribution in [0.4, 0.5) is 24.9 Å². The summed E-state index contributed by atoms with van der Waals surface area (Å²) in [5.41, 5.74) is -1.21. The van der Waals surface area contributed by atoms with Crippen molar-refractivity contribution in [1.29, 1.82) is 0 Å². The lowest BCUT2D eigenvalue weighted by atomic mass is 10.0. The van der Waals surface area contributed by atoms with E-state index in [1.807, 2.05) is 0 Å². The van der Waals surface area contributed by atoms with Gasteiger partial charge in [0, 0.05) is 31.6 Å². The average molecular weight is 398 g/mol. The van der Waals surface area contributed by atoms with Crippen molar-refractivity contribution in [1.82, 2.24) is 9.97 Å². The van der Waals surface area contributed by atoms with E-state index in [9.17, 15) is 23.1 Å². The first kappa shape index (κ1) is 19.0. The fourth-order valence-corrected chi connectivity index (χ4v) is 4.40. The first-order valence-electron chi connectivity index (χ1n) is 9.15. The molecule has 5 atom stereocenters. The Bertz CT molecular complexity index is 819. The first-order chi connectivity index (χ1) is 13.1. The minimum Gasteiger partial charge on any atom is -0.481 e. The molecule has 3 heterocycles. The highest BCUT2D eigenvalue weighted by atomic mass is 19.4. The van der Waals surface area contributed by atoms with E-state index in [4.69, 9.17) is 5.11 Å². The number of hydrogen-bond donors (Lipinski definition) is 2. The molecule has 0 amide bonds. The topological polar surface area (TPSA) is 89.8 Å². The number of hydrogen-bond acceptors (Lipinski definition) is 6. The second-order valence-electron chi connectivity index (χ2n) is 7.77. The summed E-state index contributed by atoms with van der Waals surface area (Å²) < 4.78 is 40.9. The number of rotatable bonds is 5. The number of carbonyl (C=O) groups is 1. The average Bonchev–Trinajstić information content (AvgIpc) is 3.05. The van der Waals surface area contributed by atoms with E-state index in [0.29, 0.717) is 13.1 Å². The lowest BCUT2D eigenvalue weighted by molar-refractivity contribution is -0.141. The Labute approximate surface area is 159 Å². The van der Waals surface area contributed by atoms with Crippen molar-refractivity contribution < 1.29 is 28.2 Å². The van der Waals surface area contributed by atoms with Gasteiger partial charge in [0.15, 0.2) is 5.69 Å². The highest BCUT2D eigenvalue weighted by Crippen LogP contribution is 2.54. The number of nitrogens with zero attached hydrogens (tertiary/aromatic N) is 4. The maximum absolute atomic E-state index is 13.6. The third-order valence-electron chi connectivity index (χ3n) is 6.16. The summed E-state index contributed by atoms with van der Waals surface area (Å²) >= 11 is 0. The third kappa shape index (κ3) is 2.99. The van der Waals surface area contributed by atoms with Gasteiger partial charge >= 0.3 is 12.1 Å². The molecule has 0 aromatic carbocycles. The Morgan fingerprint density at radius 3 is 2.39 bits per heavy atom. The molecule has 1 aliphatic carbocycles. The summed E-state index contributed by atoms with van der Waals surface area (Å²) in [5, 5.41) is 18.7. The SMILES string of the molecule is C=Cc1c(N2C[C@@H]3[C@H](CC(=O)O)[C@@H]3C2)nc(N2C[C@@H](O)[C@@H]2C)nc1C(F)(F)F. The Morgan fingerprint density at radius 2 is 1.93 bits per heavy atom. The van der Waals surface area contributed by atoms with E-state index in [1.165, 1.54) is 0 Å². The number of piperidine rings is 1. The molecule has 1 saturated carbocycles. The quantitative estimate of drug-likeness (QED) is 0.783. The van der Waals surface area contributed by atoms with Gasteiger partial charge in [0.05, 0.1) is 12.1 Å². The van der Waals surface area contributed by atoms with Crippen molar-refractivity contribution in [2.75, 3.05) is 29.4 Å². The molecule has 28 heavy (non-hydrogen) atoms. The number of carboxylic acid groups (broad SMARTS) is 1. The van der Waals surface area contributed by atoms with Crippen LogP contribution < -0.4 is 9.80 Å². The number of aromatic nitrogens is 2. The number of alkyl halides is 3. The maximum atomic E-state index is 13.6. The van der Waals surface area contributed by atoms with Gasteiger partial charge in [-0.05, 0) is 24.7 Å². The molecule has 3 fully saturated rings. The number of carboxylic acids is 1. The standard InChI is InChI=1S/C18H21F3N4O3/c1-3-9-15(18(19,20)21)22-17(25-7-13(26)8(25)2)23-16(9)24-5-11-10(4-14(27)28)12(11)6-24/h3,8,10-13,26H,1,4-7H2,2H3,(H,27,28)/t8-,10-,11+,12-,13+/m0/s1. The van der Waals surface area contributed by atoms with Gasteiger partial charge in [-0.2, -0.15) is 18.2 Å². The van der Waals surface area contributed by atoms with Crippen LogP contribution in [0.1, 0.15) is 24.6 Å². The Balaban J connectivity index is 1.67. The van der Waals surface area contributed by atoms with Crippen LogP contribution in [0.15, 0.2) is 6.58 Å². The number of fused-ring (bicyclic) bond motifs is 1. The van der Waals surface area contributed by atoms with E-state index in [0.717, 1.165) is 6.08 Å². The molecule has 10 heteroatoms. The number of aliphatic hydroxyl groups excluding tert-OH is 1. The summed E-state index contributed by atoms with van der Waals surface area (Å²) in [7, 11) is 0. The Kier molecular flexibility index (Phi) is 4.29. The summed E-state index contributed by atoms with van der Waals surface area (Å²) in [6, 6.07) is -0.365. The highest BCUT2D eigenvalue weighted by molar-refractivity contribution is 5.70. The van der Waals surface area contributed by atoms with Crippen LogP contribution >= 0.6 is 0 Å². The second kappa shape index (κ2) is 6.33. The molecule has 2 aliphatic heterocycles. The van der Waals surface area contributed by atoms with Crippen LogP contribution in [0.2, 0.25) is 0 Å². The molecule has 1 aromatic rings. The zero-order chi connectivity index (χ0) is 20.4. The van der Waals surface area contributed by atoms with Crippen molar-refractivity contribution in [3.8, 4) is 0 Å². The lowest BCUT2D eigenvalue weighted by Crippen LogP contribution is -2.59. The van der Waals surface area contributed by atoms with Gasteiger partial charge < -0.3 is 20.0 Å². The molecule has 0 radical (unpaired) electrons. The second-order valence-corrected chi connectivity index (χ2v) is 7.77. The van der Waals surface area contributed by atoms with E-state index < -0.39 is 23.9 Å². The number of halogens is 3. The molecular weight excluding hydrogens is 377 g/mol. The minimum absolute atomic E-state index is 0.0617. The number of aliphatic carboxylic acids is 1.